The van der Waals surface area contributed by atoms with Gasteiger partial charge < -0.3 is 19.7 Å². The Labute approximate surface area is 188 Å². The third-order valence-electron chi connectivity index (χ3n) is 6.10. The predicted molar refractivity (Wildman–Crippen MR) is 119 cm³/mol. The van der Waals surface area contributed by atoms with Gasteiger partial charge in [-0.25, -0.2) is 4.79 Å². The smallest absolute Gasteiger partial charge is 0.411 e. The molecule has 32 heavy (non-hydrogen) atoms. The Kier molecular flexibility index (Phi) is 6.21. The second-order valence-electron chi connectivity index (χ2n) is 9.11. The van der Waals surface area contributed by atoms with Gasteiger partial charge in [-0.1, -0.05) is 30.3 Å². The molecule has 172 valence electrons. The van der Waals surface area contributed by atoms with Crippen molar-refractivity contribution in [2.75, 3.05) is 32.6 Å². The molecule has 0 radical (unpaired) electrons. The van der Waals surface area contributed by atoms with Crippen molar-refractivity contribution >= 4 is 17.8 Å². The first-order valence-corrected chi connectivity index (χ1v) is 11.0. The Bertz CT molecular complexity index is 966. The number of H-pyrrole nitrogens is 1. The van der Waals surface area contributed by atoms with Crippen LogP contribution >= 0.6 is 0 Å². The van der Waals surface area contributed by atoms with Crippen LogP contribution < -0.4 is 5.32 Å². The zero-order valence-corrected chi connectivity index (χ0v) is 19.1. The third kappa shape index (κ3) is 4.35. The zero-order valence-electron chi connectivity index (χ0n) is 19.1. The van der Waals surface area contributed by atoms with Crippen LogP contribution in [0.1, 0.15) is 49.6 Å². The summed E-state index contributed by atoms with van der Waals surface area (Å²) in [4.78, 5) is 29.4. The normalized spacial score (nSPS) is 20.3. The van der Waals surface area contributed by atoms with Crippen LogP contribution in [0.25, 0.3) is 0 Å². The molecule has 1 aromatic carbocycles. The summed E-state index contributed by atoms with van der Waals surface area (Å²) in [7, 11) is 3.89. The summed E-state index contributed by atoms with van der Waals surface area (Å²) in [5, 5.41) is 10.2. The molecule has 4 rings (SSSR count). The van der Waals surface area contributed by atoms with Crippen LogP contribution in [0.3, 0.4) is 0 Å². The third-order valence-corrected chi connectivity index (χ3v) is 6.10. The summed E-state index contributed by atoms with van der Waals surface area (Å²) >= 11 is 0. The van der Waals surface area contributed by atoms with Gasteiger partial charge in [0.25, 0.3) is 5.91 Å². The number of carbonyl (C=O) groups is 2. The number of nitrogens with one attached hydrogen (secondary N) is 2. The molecule has 1 aromatic heterocycles. The number of amides is 2. The van der Waals surface area contributed by atoms with E-state index >= 15 is 0 Å². The number of ether oxygens (including phenoxy) is 2. The Hall–Kier alpha value is -2.91. The number of hydrogen-bond donors (Lipinski definition) is 2. The minimum absolute atomic E-state index is 0.203. The number of anilines is 1. The number of aromatic nitrogens is 2. The van der Waals surface area contributed by atoms with Gasteiger partial charge in [-0.2, -0.15) is 5.10 Å². The van der Waals surface area contributed by atoms with Crippen LogP contribution in [0.2, 0.25) is 0 Å². The lowest BCUT2D eigenvalue weighted by molar-refractivity contribution is -0.124. The molecule has 1 fully saturated rings. The fraction of sp³-hybridized carbons (Fsp3) is 0.522. The van der Waals surface area contributed by atoms with Crippen LogP contribution in [0.4, 0.5) is 10.6 Å². The first-order chi connectivity index (χ1) is 15.3. The van der Waals surface area contributed by atoms with Crippen LogP contribution in [-0.4, -0.2) is 65.3 Å². The molecule has 2 atom stereocenters. The number of nitrogens with zero attached hydrogens (tertiary/aromatic N) is 3. The molecule has 9 nitrogen and oxygen atoms in total. The van der Waals surface area contributed by atoms with Gasteiger partial charge in [0.05, 0.1) is 17.8 Å². The fourth-order valence-electron chi connectivity index (χ4n) is 4.29. The lowest BCUT2D eigenvalue weighted by atomic mass is 10.0. The summed E-state index contributed by atoms with van der Waals surface area (Å²) in [5.41, 5.74) is 1.87. The molecule has 9 heteroatoms. The van der Waals surface area contributed by atoms with Gasteiger partial charge in [-0.15, -0.1) is 0 Å². The molecule has 1 saturated heterocycles. The maximum absolute atomic E-state index is 13.3. The van der Waals surface area contributed by atoms with E-state index in [9.17, 15) is 9.59 Å². The van der Waals surface area contributed by atoms with Crippen molar-refractivity contribution in [3.05, 3.63) is 47.2 Å². The maximum atomic E-state index is 13.3. The van der Waals surface area contributed by atoms with E-state index in [1.165, 1.54) is 0 Å². The van der Waals surface area contributed by atoms with Crippen molar-refractivity contribution in [3.63, 3.8) is 0 Å². The second kappa shape index (κ2) is 8.91. The van der Waals surface area contributed by atoms with E-state index in [0.717, 1.165) is 23.2 Å². The van der Waals surface area contributed by atoms with Crippen molar-refractivity contribution in [1.29, 1.82) is 0 Å². The highest BCUT2D eigenvalue weighted by Gasteiger charge is 2.45. The largest absolute Gasteiger partial charge is 0.440 e. The van der Waals surface area contributed by atoms with E-state index < -0.39 is 23.8 Å². The van der Waals surface area contributed by atoms with Crippen molar-refractivity contribution < 1.29 is 19.1 Å². The highest BCUT2D eigenvalue weighted by Crippen LogP contribution is 2.41. The Morgan fingerprint density at radius 2 is 2.09 bits per heavy atom. The molecular weight excluding hydrogens is 410 g/mol. The van der Waals surface area contributed by atoms with E-state index in [1.54, 1.807) is 4.90 Å². The van der Waals surface area contributed by atoms with Gasteiger partial charge in [-0.3, -0.25) is 14.8 Å². The first-order valence-electron chi connectivity index (χ1n) is 11.0. The molecule has 2 aromatic rings. The van der Waals surface area contributed by atoms with Gasteiger partial charge in [0.2, 0.25) is 0 Å². The average Bonchev–Trinajstić information content (AvgIpc) is 3.47. The Balaban J connectivity index is 1.50. The van der Waals surface area contributed by atoms with E-state index in [1.807, 2.05) is 63.2 Å². The molecule has 2 aliphatic rings. The summed E-state index contributed by atoms with van der Waals surface area (Å²) in [6.07, 6.45) is 0.320. The van der Waals surface area contributed by atoms with Gasteiger partial charge in [0, 0.05) is 18.7 Å². The van der Waals surface area contributed by atoms with Crippen molar-refractivity contribution in [3.8, 4) is 0 Å². The number of likely N-dealkylation sites (N-methyl/N-ethyl adjacent to an activating group) is 1. The summed E-state index contributed by atoms with van der Waals surface area (Å²) in [6, 6.07) is 9.73. The fourth-order valence-corrected chi connectivity index (χ4v) is 4.29. The summed E-state index contributed by atoms with van der Waals surface area (Å²) in [6.45, 7) is 5.33. The number of carbonyl (C=O) groups excluding carboxylic acids is 2. The number of benzene rings is 1. The van der Waals surface area contributed by atoms with Gasteiger partial charge >= 0.3 is 6.09 Å². The Morgan fingerprint density at radius 3 is 2.75 bits per heavy atom. The van der Waals surface area contributed by atoms with E-state index in [0.29, 0.717) is 31.9 Å². The van der Waals surface area contributed by atoms with E-state index in [2.05, 4.69) is 15.5 Å². The summed E-state index contributed by atoms with van der Waals surface area (Å²) < 4.78 is 11.4. The van der Waals surface area contributed by atoms with Gasteiger partial charge in [0.1, 0.15) is 12.2 Å². The maximum Gasteiger partial charge on any atom is 0.411 e. The number of fused-ring (bicyclic) bond motifs is 1. The first kappa shape index (κ1) is 22.3. The highest BCUT2D eigenvalue weighted by atomic mass is 16.6. The average molecular weight is 442 g/mol. The lowest BCUT2D eigenvalue weighted by Gasteiger charge is -2.33. The molecule has 2 amide bonds. The van der Waals surface area contributed by atoms with Crippen LogP contribution in [0.15, 0.2) is 30.3 Å². The quantitative estimate of drug-likeness (QED) is 0.715. The molecule has 3 heterocycles. The van der Waals surface area contributed by atoms with Gasteiger partial charge in [0.15, 0.2) is 5.82 Å². The van der Waals surface area contributed by atoms with Crippen molar-refractivity contribution in [2.45, 2.75) is 51.0 Å². The van der Waals surface area contributed by atoms with E-state index in [-0.39, 0.29) is 5.91 Å². The van der Waals surface area contributed by atoms with E-state index in [4.69, 9.17) is 9.47 Å². The van der Waals surface area contributed by atoms with Gasteiger partial charge in [-0.05, 0) is 46.3 Å². The topological polar surface area (TPSA) is 99.8 Å². The number of aromatic amines is 1. The number of rotatable bonds is 6. The molecule has 0 bridgehead atoms. The predicted octanol–water partition coefficient (Wildman–Crippen LogP) is 3.02. The molecule has 2 N–H and O–H groups in total. The molecule has 0 unspecified atom stereocenters. The zero-order chi connectivity index (χ0) is 22.9. The van der Waals surface area contributed by atoms with Crippen LogP contribution in [-0.2, 0) is 26.4 Å². The molecule has 0 saturated carbocycles. The van der Waals surface area contributed by atoms with Crippen molar-refractivity contribution in [2.24, 2.45) is 0 Å². The second-order valence-corrected chi connectivity index (χ2v) is 9.11. The monoisotopic (exact) mass is 441 g/mol. The van der Waals surface area contributed by atoms with Crippen LogP contribution in [0.5, 0.6) is 0 Å². The SMILES string of the molecule is CN(C)C[C@@H](OC(=O)N1Cc2c(NC(=O)[C@H]3CCCO3)n[nH]c2C1(C)C)c1ccccc1. The van der Waals surface area contributed by atoms with Crippen LogP contribution in [0, 0.1) is 0 Å². The molecular formula is C23H31N5O4. The lowest BCUT2D eigenvalue weighted by Crippen LogP contribution is -2.42. The van der Waals surface area contributed by atoms with Crippen molar-refractivity contribution in [1.82, 2.24) is 20.0 Å². The number of hydrogen-bond acceptors (Lipinski definition) is 6. The minimum Gasteiger partial charge on any atom is -0.440 e. The molecule has 0 spiro atoms. The Morgan fingerprint density at radius 1 is 1.34 bits per heavy atom. The highest BCUT2D eigenvalue weighted by molar-refractivity contribution is 5.94. The minimum atomic E-state index is -0.661. The molecule has 2 aliphatic heterocycles. The summed E-state index contributed by atoms with van der Waals surface area (Å²) in [5.74, 6) is 0.238. The standard InChI is InChI=1S/C23H31N5O4/c1-23(2)19-16(20(26-25-19)24-21(29)17-11-8-12-31-17)13-28(23)22(30)32-18(14-27(3)4)15-9-6-5-7-10-15/h5-7,9-10,17-18H,8,11-14H2,1-4H3,(H2,24,25,26,29)/t17-,18-/m1/s1. The molecule has 0 aliphatic carbocycles.